The molecule has 36 heavy (non-hydrogen) atoms. The third kappa shape index (κ3) is 6.68. The lowest BCUT2D eigenvalue weighted by Gasteiger charge is -2.15. The van der Waals surface area contributed by atoms with Crippen molar-refractivity contribution in [1.29, 1.82) is 0 Å². The molecule has 0 aliphatic carbocycles. The number of fused-ring (bicyclic) bond motifs is 1. The van der Waals surface area contributed by atoms with Crippen molar-refractivity contribution in [2.24, 2.45) is 0 Å². The second kappa shape index (κ2) is 12.8. The van der Waals surface area contributed by atoms with Gasteiger partial charge in [-0.3, -0.25) is 4.98 Å². The van der Waals surface area contributed by atoms with Crippen molar-refractivity contribution in [2.45, 2.75) is 20.0 Å². The molecule has 2 heterocycles. The van der Waals surface area contributed by atoms with Gasteiger partial charge in [0, 0.05) is 60.5 Å². The minimum atomic E-state index is 0.440. The van der Waals surface area contributed by atoms with Crippen LogP contribution in [0.4, 0.5) is 17.1 Å². The molecular formula is C28H34N4O4. The van der Waals surface area contributed by atoms with Gasteiger partial charge in [0.1, 0.15) is 11.5 Å². The number of H-pyrrole nitrogens is 1. The van der Waals surface area contributed by atoms with Gasteiger partial charge in [-0.2, -0.15) is 0 Å². The third-order valence-corrected chi connectivity index (χ3v) is 5.75. The van der Waals surface area contributed by atoms with Gasteiger partial charge in [-0.25, -0.2) is 0 Å². The lowest BCUT2D eigenvalue weighted by Crippen LogP contribution is -2.07. The van der Waals surface area contributed by atoms with Crippen molar-refractivity contribution < 1.29 is 18.9 Å². The van der Waals surface area contributed by atoms with Crippen LogP contribution in [0.3, 0.4) is 0 Å². The maximum atomic E-state index is 5.93. The van der Waals surface area contributed by atoms with Crippen molar-refractivity contribution in [3.63, 3.8) is 0 Å². The number of nitrogens with zero attached hydrogens (tertiary/aromatic N) is 1. The maximum absolute atomic E-state index is 5.93. The van der Waals surface area contributed by atoms with Crippen molar-refractivity contribution in [3.8, 4) is 11.5 Å². The zero-order chi connectivity index (χ0) is 25.2. The predicted octanol–water partition coefficient (Wildman–Crippen LogP) is 5.53. The van der Waals surface area contributed by atoms with Gasteiger partial charge in [0.25, 0.3) is 0 Å². The van der Waals surface area contributed by atoms with Crippen molar-refractivity contribution >= 4 is 28.0 Å². The highest BCUT2D eigenvalue weighted by Crippen LogP contribution is 2.30. The summed E-state index contributed by atoms with van der Waals surface area (Å²) in [6, 6.07) is 16.1. The van der Waals surface area contributed by atoms with E-state index in [-0.39, 0.29) is 0 Å². The molecule has 0 aliphatic heterocycles. The SMILES string of the molecule is CCOc1cc(Nc2ccnc(COCCOC)c2)ccc1NCCc1c[nH]c2cc(OC)ccc12. The van der Waals surface area contributed by atoms with Crippen LogP contribution in [-0.4, -0.2) is 50.6 Å². The highest BCUT2D eigenvalue weighted by Gasteiger charge is 2.09. The quantitative estimate of drug-likeness (QED) is 0.200. The lowest BCUT2D eigenvalue weighted by atomic mass is 10.1. The van der Waals surface area contributed by atoms with Gasteiger partial charge in [0.2, 0.25) is 0 Å². The minimum Gasteiger partial charge on any atom is -0.497 e. The standard InChI is InChI=1S/C28H34N4O4/c1-4-36-28-16-21(32-22-10-12-29-23(15-22)19-35-14-13-33-2)5-8-26(28)30-11-9-20-18-31-27-17-24(34-3)6-7-25(20)27/h5-8,10,12,15-18,30-31H,4,9,11,13-14,19H2,1-3H3,(H,29,32). The van der Waals surface area contributed by atoms with E-state index in [4.69, 9.17) is 18.9 Å². The molecule has 190 valence electrons. The second-order valence-electron chi connectivity index (χ2n) is 8.25. The van der Waals surface area contributed by atoms with Crippen LogP contribution in [0.25, 0.3) is 10.9 Å². The van der Waals surface area contributed by atoms with E-state index >= 15 is 0 Å². The van der Waals surface area contributed by atoms with Gasteiger partial charge in [0.05, 0.1) is 44.9 Å². The van der Waals surface area contributed by atoms with Gasteiger partial charge in [-0.05, 0) is 55.3 Å². The Bertz CT molecular complexity index is 1260. The highest BCUT2D eigenvalue weighted by atomic mass is 16.5. The number of hydrogen-bond acceptors (Lipinski definition) is 7. The van der Waals surface area contributed by atoms with Crippen LogP contribution >= 0.6 is 0 Å². The third-order valence-electron chi connectivity index (χ3n) is 5.75. The van der Waals surface area contributed by atoms with E-state index in [0.717, 1.165) is 52.7 Å². The molecule has 0 amide bonds. The minimum absolute atomic E-state index is 0.440. The van der Waals surface area contributed by atoms with Crippen LogP contribution in [0.5, 0.6) is 11.5 Å². The molecule has 0 fully saturated rings. The summed E-state index contributed by atoms with van der Waals surface area (Å²) < 4.78 is 21.8. The normalized spacial score (nSPS) is 11.0. The van der Waals surface area contributed by atoms with E-state index in [9.17, 15) is 0 Å². The van der Waals surface area contributed by atoms with Gasteiger partial charge in [-0.1, -0.05) is 0 Å². The molecule has 8 nitrogen and oxygen atoms in total. The highest BCUT2D eigenvalue weighted by molar-refractivity contribution is 5.84. The van der Waals surface area contributed by atoms with Crippen molar-refractivity contribution in [1.82, 2.24) is 9.97 Å². The molecule has 0 saturated heterocycles. The van der Waals surface area contributed by atoms with E-state index in [1.54, 1.807) is 20.4 Å². The molecular weight excluding hydrogens is 456 g/mol. The number of anilines is 3. The Kier molecular flexibility index (Phi) is 9.02. The van der Waals surface area contributed by atoms with Gasteiger partial charge < -0.3 is 34.6 Å². The molecule has 3 N–H and O–H groups in total. The van der Waals surface area contributed by atoms with Crippen LogP contribution in [0.2, 0.25) is 0 Å². The first kappa shape index (κ1) is 25.3. The number of benzene rings is 2. The molecule has 0 unspecified atom stereocenters. The smallest absolute Gasteiger partial charge is 0.144 e. The number of nitrogens with one attached hydrogen (secondary N) is 3. The van der Waals surface area contributed by atoms with Crippen LogP contribution in [0, 0.1) is 0 Å². The molecule has 0 spiro atoms. The Hall–Kier alpha value is -3.75. The summed E-state index contributed by atoms with van der Waals surface area (Å²) in [6.45, 7) is 4.90. The van der Waals surface area contributed by atoms with E-state index in [1.807, 2.05) is 49.4 Å². The predicted molar refractivity (Wildman–Crippen MR) is 144 cm³/mol. The number of aromatic amines is 1. The van der Waals surface area contributed by atoms with E-state index < -0.39 is 0 Å². The van der Waals surface area contributed by atoms with E-state index in [1.165, 1.54) is 10.9 Å². The largest absolute Gasteiger partial charge is 0.497 e. The fourth-order valence-corrected chi connectivity index (χ4v) is 3.97. The molecule has 0 saturated carbocycles. The molecule has 0 aliphatic rings. The molecule has 0 atom stereocenters. The van der Waals surface area contributed by atoms with Crippen molar-refractivity contribution in [3.05, 3.63) is 72.2 Å². The van der Waals surface area contributed by atoms with Crippen molar-refractivity contribution in [2.75, 3.05) is 51.2 Å². The topological polar surface area (TPSA) is 89.7 Å². The average Bonchev–Trinajstić information content (AvgIpc) is 3.30. The fraction of sp³-hybridized carbons (Fsp3) is 0.321. The van der Waals surface area contributed by atoms with Gasteiger partial charge in [-0.15, -0.1) is 0 Å². The van der Waals surface area contributed by atoms with Crippen LogP contribution in [0.1, 0.15) is 18.2 Å². The Morgan fingerprint density at radius 3 is 2.69 bits per heavy atom. The molecule has 2 aromatic heterocycles. The number of methoxy groups -OCH3 is 2. The molecule has 0 radical (unpaired) electrons. The first-order valence-electron chi connectivity index (χ1n) is 12.1. The summed E-state index contributed by atoms with van der Waals surface area (Å²) in [5.74, 6) is 1.66. The van der Waals surface area contributed by atoms with Gasteiger partial charge >= 0.3 is 0 Å². The second-order valence-corrected chi connectivity index (χ2v) is 8.25. The Balaban J connectivity index is 1.38. The first-order chi connectivity index (χ1) is 17.7. The Labute approximate surface area is 211 Å². The number of aromatic nitrogens is 2. The summed E-state index contributed by atoms with van der Waals surface area (Å²) >= 11 is 0. The molecule has 4 aromatic rings. The monoisotopic (exact) mass is 490 g/mol. The van der Waals surface area contributed by atoms with Crippen LogP contribution in [0.15, 0.2) is 60.9 Å². The number of ether oxygens (including phenoxy) is 4. The first-order valence-corrected chi connectivity index (χ1v) is 12.1. The summed E-state index contributed by atoms with van der Waals surface area (Å²) in [5, 5.41) is 8.18. The van der Waals surface area contributed by atoms with Crippen LogP contribution < -0.4 is 20.1 Å². The average molecular weight is 491 g/mol. The summed E-state index contributed by atoms with van der Waals surface area (Å²) in [4.78, 5) is 7.71. The molecule has 2 aromatic carbocycles. The van der Waals surface area contributed by atoms with Crippen LogP contribution in [-0.2, 0) is 22.5 Å². The number of rotatable bonds is 14. The Morgan fingerprint density at radius 2 is 1.86 bits per heavy atom. The number of hydrogen-bond donors (Lipinski definition) is 3. The summed E-state index contributed by atoms with van der Waals surface area (Å²) in [5.41, 5.74) is 6.04. The zero-order valence-electron chi connectivity index (χ0n) is 21.1. The summed E-state index contributed by atoms with van der Waals surface area (Å²) in [6.07, 6.45) is 4.72. The molecule has 4 rings (SSSR count). The van der Waals surface area contributed by atoms with E-state index in [2.05, 4.69) is 32.9 Å². The molecule has 0 bridgehead atoms. The fourth-order valence-electron chi connectivity index (χ4n) is 3.97. The van der Waals surface area contributed by atoms with E-state index in [0.29, 0.717) is 26.4 Å². The Morgan fingerprint density at radius 1 is 0.972 bits per heavy atom. The zero-order valence-corrected chi connectivity index (χ0v) is 21.1. The molecule has 8 heteroatoms. The number of pyridine rings is 1. The lowest BCUT2D eigenvalue weighted by molar-refractivity contribution is 0.0602. The summed E-state index contributed by atoms with van der Waals surface area (Å²) in [7, 11) is 3.34. The maximum Gasteiger partial charge on any atom is 0.144 e. The van der Waals surface area contributed by atoms with Gasteiger partial charge in [0.15, 0.2) is 0 Å².